The normalized spacial score (nSPS) is 12.5. The number of hydrogen-bond donors (Lipinski definition) is 4. The van der Waals surface area contributed by atoms with Gasteiger partial charge in [0.1, 0.15) is 4.61 Å². The molecular formula is C44H44ClF4IN10O8. The van der Waals surface area contributed by atoms with Gasteiger partial charge in [0.25, 0.3) is 11.8 Å². The number of methoxy groups -OCH3 is 2. The van der Waals surface area contributed by atoms with E-state index in [9.17, 15) is 36.7 Å². The largest absolute Gasteiger partial charge is 0.437 e. The number of amides is 2. The maximum atomic E-state index is 13.6. The van der Waals surface area contributed by atoms with Crippen molar-refractivity contribution in [2.24, 2.45) is 9.98 Å². The van der Waals surface area contributed by atoms with E-state index in [0.717, 1.165) is 56.9 Å². The summed E-state index contributed by atoms with van der Waals surface area (Å²) in [7, 11) is 3.01. The standard InChI is InChI=1S/C22H22ClF2N5O4.C22H22F2IN5O4/c1-12-4-6-15-18(8-12)30(22(32)34-11-23)29-19(15)27-21(26-13(2)10-33-3)28-20(31)14-5-7-16(24)17(25)9-14;1-12-4-6-15-18(8-12)30(22(32)34-11-25)29-19(15)27-21(26-13(2)10-33-3)28-20(31)14-5-7-16(23)17(24)9-14/h2*4-9,13H,10-11H2,1-3H3,(H2,26,27,28,29,31)/t2*13-/m00/s1. The minimum atomic E-state index is -1.16. The van der Waals surface area contributed by atoms with Crippen LogP contribution in [0.2, 0.25) is 0 Å². The number of anilines is 2. The van der Waals surface area contributed by atoms with Gasteiger partial charge in [-0.15, -0.1) is 10.2 Å². The number of carbonyl (C=O) groups excluding carboxylic acids is 4. The van der Waals surface area contributed by atoms with Crippen LogP contribution in [0.15, 0.2) is 82.8 Å². The van der Waals surface area contributed by atoms with Gasteiger partial charge < -0.3 is 29.6 Å². The van der Waals surface area contributed by atoms with Crippen molar-refractivity contribution in [1.29, 1.82) is 0 Å². The average molecular weight is 1080 g/mol. The number of nitrogens with zero attached hydrogens (tertiary/aromatic N) is 6. The van der Waals surface area contributed by atoms with Gasteiger partial charge in [0, 0.05) is 36.1 Å². The first kappa shape index (κ1) is 52.3. The maximum absolute atomic E-state index is 13.6. The van der Waals surface area contributed by atoms with E-state index in [1.807, 2.05) is 48.6 Å². The summed E-state index contributed by atoms with van der Waals surface area (Å²) in [6.07, 6.45) is -1.47. The molecule has 2 aromatic heterocycles. The molecule has 0 aliphatic heterocycles. The van der Waals surface area contributed by atoms with Crippen molar-refractivity contribution in [3.63, 3.8) is 0 Å². The smallest absolute Gasteiger partial charge is 0.436 e. The lowest BCUT2D eigenvalue weighted by atomic mass is 10.2. The number of rotatable bonds is 12. The van der Waals surface area contributed by atoms with Crippen molar-refractivity contribution in [2.75, 3.05) is 48.7 Å². The van der Waals surface area contributed by atoms with Gasteiger partial charge in [0.15, 0.2) is 41.0 Å². The van der Waals surface area contributed by atoms with E-state index in [2.05, 4.69) is 41.4 Å². The number of aliphatic imine (C=N–C) groups is 2. The molecule has 6 aromatic rings. The number of fused-ring (bicyclic) bond motifs is 2. The number of nitrogens with one attached hydrogen (secondary N) is 4. The first-order valence-corrected chi connectivity index (χ1v) is 22.2. The minimum absolute atomic E-state index is 0.0198. The number of halogens is 6. The van der Waals surface area contributed by atoms with Gasteiger partial charge in [-0.2, -0.15) is 9.36 Å². The highest BCUT2D eigenvalue weighted by molar-refractivity contribution is 14.1. The van der Waals surface area contributed by atoms with E-state index in [1.165, 1.54) is 14.2 Å². The highest BCUT2D eigenvalue weighted by Gasteiger charge is 2.22. The van der Waals surface area contributed by atoms with Crippen LogP contribution in [0.5, 0.6) is 0 Å². The molecule has 0 fully saturated rings. The van der Waals surface area contributed by atoms with Gasteiger partial charge >= 0.3 is 12.2 Å². The fourth-order valence-corrected chi connectivity index (χ4v) is 6.54. The number of ether oxygens (including phenoxy) is 4. The Morgan fingerprint density at radius 1 is 0.647 bits per heavy atom. The zero-order chi connectivity index (χ0) is 49.7. The molecule has 0 bridgehead atoms. The van der Waals surface area contributed by atoms with Gasteiger partial charge in [-0.05, 0) is 122 Å². The van der Waals surface area contributed by atoms with Crippen molar-refractivity contribution in [3.8, 4) is 0 Å². The van der Waals surface area contributed by atoms with Gasteiger partial charge in [-0.1, -0.05) is 23.7 Å². The summed E-state index contributed by atoms with van der Waals surface area (Å²) in [6, 6.07) is 15.1. The summed E-state index contributed by atoms with van der Waals surface area (Å²) < 4.78 is 76.1. The van der Waals surface area contributed by atoms with Gasteiger partial charge in [0.05, 0.1) is 36.3 Å². The van der Waals surface area contributed by atoms with E-state index >= 15 is 0 Å². The summed E-state index contributed by atoms with van der Waals surface area (Å²) >= 11 is 7.42. The van der Waals surface area contributed by atoms with Crippen LogP contribution in [0.25, 0.3) is 21.8 Å². The Balaban J connectivity index is 0.000000254. The molecule has 2 amide bonds. The average Bonchev–Trinajstić information content (AvgIpc) is 3.82. The van der Waals surface area contributed by atoms with Crippen molar-refractivity contribution < 1.29 is 55.7 Å². The molecule has 0 saturated heterocycles. The van der Waals surface area contributed by atoms with E-state index in [4.69, 9.17) is 30.5 Å². The molecule has 2 atom stereocenters. The predicted octanol–water partition coefficient (Wildman–Crippen LogP) is 8.27. The molecule has 0 aliphatic rings. The summed E-state index contributed by atoms with van der Waals surface area (Å²) in [6.45, 7) is 7.71. The second-order valence-electron chi connectivity index (χ2n) is 14.6. The first-order valence-electron chi connectivity index (χ1n) is 20.1. The highest BCUT2D eigenvalue weighted by atomic mass is 127. The van der Waals surface area contributed by atoms with Crippen LogP contribution < -0.4 is 21.3 Å². The first-order chi connectivity index (χ1) is 32.5. The molecule has 68 heavy (non-hydrogen) atoms. The fraction of sp³-hybridized carbons (Fsp3) is 0.273. The molecule has 4 aromatic carbocycles. The van der Waals surface area contributed by atoms with Crippen molar-refractivity contribution >= 4 is 104 Å². The van der Waals surface area contributed by atoms with Crippen LogP contribution in [0.3, 0.4) is 0 Å². The molecule has 4 N–H and O–H groups in total. The zero-order valence-corrected chi connectivity index (χ0v) is 40.0. The number of aryl methyl sites for hydroxylation is 2. The highest BCUT2D eigenvalue weighted by Crippen LogP contribution is 2.26. The Morgan fingerprint density at radius 2 is 1.06 bits per heavy atom. The number of aromatic nitrogens is 4. The molecule has 0 radical (unpaired) electrons. The third kappa shape index (κ3) is 13.7. The van der Waals surface area contributed by atoms with Crippen LogP contribution in [-0.4, -0.2) is 106 Å². The third-order valence-corrected chi connectivity index (χ3v) is 9.61. The van der Waals surface area contributed by atoms with E-state index < -0.39 is 53.3 Å². The third-order valence-electron chi connectivity index (χ3n) is 9.19. The van der Waals surface area contributed by atoms with Crippen LogP contribution in [0, 0.1) is 37.1 Å². The van der Waals surface area contributed by atoms with E-state index in [-0.39, 0.29) is 64.6 Å². The maximum Gasteiger partial charge on any atom is 0.436 e. The SMILES string of the molecule is COC[C@H](C)N=C(NC(=O)c1ccc(F)c(F)c1)Nc1nn(C(=O)OCCl)c2cc(C)ccc12.COC[C@H](C)N=C(NC(=O)c1ccc(F)c(F)c1)Nc1nn(C(=O)OCI)c2cc(C)ccc12. The molecule has 0 unspecified atom stereocenters. The fourth-order valence-electron chi connectivity index (χ4n) is 6.18. The van der Waals surface area contributed by atoms with Crippen LogP contribution in [0.4, 0.5) is 38.8 Å². The Bertz CT molecular complexity index is 2690. The second-order valence-corrected chi connectivity index (χ2v) is 15.4. The summed E-state index contributed by atoms with van der Waals surface area (Å²) in [5.41, 5.74) is 2.47. The molecule has 0 spiro atoms. The number of hydrogen-bond acceptors (Lipinski definition) is 12. The summed E-state index contributed by atoms with van der Waals surface area (Å²) in [5.74, 6) is -5.56. The molecule has 6 rings (SSSR count). The summed E-state index contributed by atoms with van der Waals surface area (Å²) in [4.78, 5) is 58.9. The van der Waals surface area contributed by atoms with E-state index in [0.29, 0.717) is 21.8 Å². The topological polar surface area (TPSA) is 214 Å². The number of benzene rings is 4. The molecule has 2 heterocycles. The van der Waals surface area contributed by atoms with Crippen molar-refractivity contribution in [1.82, 2.24) is 30.2 Å². The Labute approximate surface area is 404 Å². The lowest BCUT2D eigenvalue weighted by Gasteiger charge is -2.13. The summed E-state index contributed by atoms with van der Waals surface area (Å²) in [5, 5.41) is 20.6. The van der Waals surface area contributed by atoms with Crippen LogP contribution in [-0.2, 0) is 18.9 Å². The lowest BCUT2D eigenvalue weighted by molar-refractivity contribution is 0.0967. The molecule has 0 saturated carbocycles. The van der Waals surface area contributed by atoms with Crippen molar-refractivity contribution in [3.05, 3.63) is 118 Å². The number of guanidine groups is 2. The second kappa shape index (κ2) is 24.4. The molecular weight excluding hydrogens is 1030 g/mol. The molecule has 0 aliphatic carbocycles. The van der Waals surface area contributed by atoms with Crippen LogP contribution in [0.1, 0.15) is 45.7 Å². The van der Waals surface area contributed by atoms with Gasteiger partial charge in [0.2, 0.25) is 11.9 Å². The molecule has 24 heteroatoms. The minimum Gasteiger partial charge on any atom is -0.437 e. The Kier molecular flexibility index (Phi) is 18.7. The van der Waals surface area contributed by atoms with Crippen LogP contribution >= 0.6 is 34.2 Å². The molecule has 18 nitrogen and oxygen atoms in total. The Morgan fingerprint density at radius 3 is 1.43 bits per heavy atom. The number of alkyl halides is 2. The van der Waals surface area contributed by atoms with E-state index in [1.54, 1.807) is 38.1 Å². The van der Waals surface area contributed by atoms with Crippen molar-refractivity contribution in [2.45, 2.75) is 39.8 Å². The lowest BCUT2D eigenvalue weighted by Crippen LogP contribution is -2.37. The predicted molar refractivity (Wildman–Crippen MR) is 255 cm³/mol. The van der Waals surface area contributed by atoms with Gasteiger partial charge in [-0.25, -0.2) is 37.1 Å². The quantitative estimate of drug-likeness (QED) is 0.0300. The number of carbonyl (C=O) groups is 4. The Hall–Kier alpha value is -6.70. The molecule has 360 valence electrons. The zero-order valence-electron chi connectivity index (χ0n) is 37.1. The monoisotopic (exact) mass is 1080 g/mol. The van der Waals surface area contributed by atoms with Gasteiger partial charge in [-0.3, -0.25) is 20.2 Å².